The average Bonchev–Trinajstić information content (AvgIpc) is 3.11. The molecule has 0 spiro atoms. The highest BCUT2D eigenvalue weighted by molar-refractivity contribution is 6.00. The van der Waals surface area contributed by atoms with Gasteiger partial charge in [-0.25, -0.2) is 0 Å². The summed E-state index contributed by atoms with van der Waals surface area (Å²) >= 11 is 0. The van der Waals surface area contributed by atoms with Crippen molar-refractivity contribution in [3.05, 3.63) is 29.8 Å². The van der Waals surface area contributed by atoms with Crippen molar-refractivity contribution in [2.75, 3.05) is 19.6 Å². The van der Waals surface area contributed by atoms with Crippen LogP contribution in [0.5, 0.6) is 5.75 Å². The van der Waals surface area contributed by atoms with Crippen LogP contribution in [0.2, 0.25) is 0 Å². The summed E-state index contributed by atoms with van der Waals surface area (Å²) in [6.07, 6.45) is 2.77. The van der Waals surface area contributed by atoms with Gasteiger partial charge in [0.05, 0.1) is 5.56 Å². The zero-order valence-corrected chi connectivity index (χ0v) is 15.7. The fourth-order valence-electron chi connectivity index (χ4n) is 3.59. The Hall–Kier alpha value is -1.93. The van der Waals surface area contributed by atoms with E-state index < -0.39 is 18.6 Å². The van der Waals surface area contributed by atoms with Crippen molar-refractivity contribution >= 4 is 24.2 Å². The summed E-state index contributed by atoms with van der Waals surface area (Å²) in [5, 5.41) is 0. The van der Waals surface area contributed by atoms with Crippen LogP contribution in [-0.4, -0.2) is 59.9 Å². The van der Waals surface area contributed by atoms with E-state index in [0.717, 1.165) is 12.8 Å². The van der Waals surface area contributed by atoms with Gasteiger partial charge < -0.3 is 20.3 Å². The Morgan fingerprint density at radius 2 is 1.78 bits per heavy atom. The van der Waals surface area contributed by atoms with Gasteiger partial charge in [-0.2, -0.15) is 8.78 Å². The minimum Gasteiger partial charge on any atom is -0.434 e. The number of para-hydroxylation sites is 1. The fraction of sp³-hybridized carbons (Fsp3) is 0.556. The molecule has 1 atom stereocenters. The first-order valence-electron chi connectivity index (χ1n) is 8.86. The molecular formula is C18H24ClF2N3O3. The molecule has 1 aromatic rings. The highest BCUT2D eigenvalue weighted by atomic mass is 35.5. The molecule has 0 radical (unpaired) electrons. The van der Waals surface area contributed by atoms with Gasteiger partial charge in [0.1, 0.15) is 11.8 Å². The normalized spacial score (nSPS) is 20.5. The highest BCUT2D eigenvalue weighted by Crippen LogP contribution is 2.27. The Morgan fingerprint density at radius 1 is 1.11 bits per heavy atom. The molecule has 2 aliphatic rings. The van der Waals surface area contributed by atoms with E-state index in [2.05, 4.69) is 4.74 Å². The smallest absolute Gasteiger partial charge is 0.387 e. The minimum absolute atomic E-state index is 0. The van der Waals surface area contributed by atoms with E-state index in [1.807, 2.05) is 0 Å². The third-order valence-electron chi connectivity index (χ3n) is 4.98. The van der Waals surface area contributed by atoms with Gasteiger partial charge in [-0.15, -0.1) is 12.4 Å². The standard InChI is InChI=1S/C18H23F2N3O3.ClH/c19-18(20)26-15-6-2-1-4-13(15)16(24)23-9-3-5-14(23)17(25)22-10-7-12(21)8-11-22;/h1-2,4,6,12,14,18H,3,5,7-11,21H2;1H. The molecule has 2 aliphatic heterocycles. The van der Waals surface area contributed by atoms with Gasteiger partial charge in [-0.3, -0.25) is 9.59 Å². The van der Waals surface area contributed by atoms with Gasteiger partial charge in [-0.05, 0) is 37.8 Å². The molecule has 0 bridgehead atoms. The first kappa shape index (κ1) is 21.4. The van der Waals surface area contributed by atoms with Crippen LogP contribution >= 0.6 is 12.4 Å². The minimum atomic E-state index is -3.02. The lowest BCUT2D eigenvalue weighted by Crippen LogP contribution is -2.51. The number of nitrogens with two attached hydrogens (primary N) is 1. The van der Waals surface area contributed by atoms with Gasteiger partial charge >= 0.3 is 6.61 Å². The van der Waals surface area contributed by atoms with Crippen LogP contribution in [-0.2, 0) is 4.79 Å². The molecule has 27 heavy (non-hydrogen) atoms. The Bertz CT molecular complexity index is 669. The number of hydrogen-bond donors (Lipinski definition) is 1. The van der Waals surface area contributed by atoms with Crippen molar-refractivity contribution < 1.29 is 23.1 Å². The molecule has 0 aliphatic carbocycles. The first-order chi connectivity index (χ1) is 12.5. The molecule has 9 heteroatoms. The number of benzene rings is 1. The van der Waals surface area contributed by atoms with E-state index in [9.17, 15) is 18.4 Å². The van der Waals surface area contributed by atoms with E-state index >= 15 is 0 Å². The van der Waals surface area contributed by atoms with Crippen molar-refractivity contribution in [3.8, 4) is 5.75 Å². The molecule has 2 fully saturated rings. The Kier molecular flexibility index (Phi) is 7.38. The maximum Gasteiger partial charge on any atom is 0.387 e. The number of alkyl halides is 2. The van der Waals surface area contributed by atoms with Crippen LogP contribution in [0.3, 0.4) is 0 Å². The number of halogens is 3. The van der Waals surface area contributed by atoms with Crippen LogP contribution in [0.1, 0.15) is 36.0 Å². The Labute approximate surface area is 163 Å². The summed E-state index contributed by atoms with van der Waals surface area (Å²) in [7, 11) is 0. The number of amides is 2. The van der Waals surface area contributed by atoms with Crippen LogP contribution in [0.25, 0.3) is 0 Å². The number of hydrogen-bond acceptors (Lipinski definition) is 4. The van der Waals surface area contributed by atoms with E-state index in [4.69, 9.17) is 5.73 Å². The summed E-state index contributed by atoms with van der Waals surface area (Å²) in [5.41, 5.74) is 5.93. The summed E-state index contributed by atoms with van der Waals surface area (Å²) in [6, 6.07) is 5.44. The SMILES string of the molecule is Cl.NC1CCN(C(=O)C2CCCN2C(=O)c2ccccc2OC(F)F)CC1. The van der Waals surface area contributed by atoms with Crippen molar-refractivity contribution in [3.63, 3.8) is 0 Å². The van der Waals surface area contributed by atoms with Crippen molar-refractivity contribution in [2.45, 2.75) is 44.4 Å². The lowest BCUT2D eigenvalue weighted by Gasteiger charge is -2.34. The van der Waals surface area contributed by atoms with Gasteiger partial charge in [0.2, 0.25) is 5.91 Å². The van der Waals surface area contributed by atoms with Gasteiger partial charge in [0.15, 0.2) is 0 Å². The molecule has 1 unspecified atom stereocenters. The quantitative estimate of drug-likeness (QED) is 0.836. The van der Waals surface area contributed by atoms with Crippen molar-refractivity contribution in [1.29, 1.82) is 0 Å². The zero-order chi connectivity index (χ0) is 18.7. The average molecular weight is 404 g/mol. The van der Waals surface area contributed by atoms with E-state index in [1.54, 1.807) is 11.0 Å². The van der Waals surface area contributed by atoms with Crippen LogP contribution in [0.15, 0.2) is 24.3 Å². The first-order valence-corrected chi connectivity index (χ1v) is 8.86. The molecule has 0 saturated carbocycles. The molecular weight excluding hydrogens is 380 g/mol. The van der Waals surface area contributed by atoms with Crippen LogP contribution in [0, 0.1) is 0 Å². The van der Waals surface area contributed by atoms with Gasteiger partial charge in [0, 0.05) is 25.7 Å². The van der Waals surface area contributed by atoms with Crippen molar-refractivity contribution in [1.82, 2.24) is 9.80 Å². The molecule has 3 rings (SSSR count). The number of piperidine rings is 1. The molecule has 0 aromatic heterocycles. The molecule has 2 amide bonds. The zero-order valence-electron chi connectivity index (χ0n) is 14.9. The van der Waals surface area contributed by atoms with Crippen molar-refractivity contribution in [2.24, 2.45) is 5.73 Å². The number of nitrogens with zero attached hydrogens (tertiary/aromatic N) is 2. The number of rotatable bonds is 4. The molecule has 2 heterocycles. The number of carbonyl (C=O) groups excluding carboxylic acids is 2. The Balaban J connectivity index is 0.00000261. The second-order valence-electron chi connectivity index (χ2n) is 6.69. The van der Waals surface area contributed by atoms with Gasteiger partial charge in [0.25, 0.3) is 5.91 Å². The summed E-state index contributed by atoms with van der Waals surface area (Å²) in [6.45, 7) is -1.42. The number of likely N-dealkylation sites (tertiary alicyclic amines) is 2. The lowest BCUT2D eigenvalue weighted by atomic mass is 10.0. The molecule has 150 valence electrons. The highest BCUT2D eigenvalue weighted by Gasteiger charge is 2.38. The second kappa shape index (κ2) is 9.32. The van der Waals surface area contributed by atoms with Gasteiger partial charge in [-0.1, -0.05) is 12.1 Å². The van der Waals surface area contributed by atoms with Crippen LogP contribution < -0.4 is 10.5 Å². The summed E-state index contributed by atoms with van der Waals surface area (Å²) in [4.78, 5) is 29.0. The predicted molar refractivity (Wildman–Crippen MR) is 98.2 cm³/mol. The number of ether oxygens (including phenoxy) is 1. The summed E-state index contributed by atoms with van der Waals surface area (Å²) < 4.78 is 29.7. The largest absolute Gasteiger partial charge is 0.434 e. The Morgan fingerprint density at radius 3 is 2.44 bits per heavy atom. The van der Waals surface area contributed by atoms with Crippen LogP contribution in [0.4, 0.5) is 8.78 Å². The molecule has 6 nitrogen and oxygen atoms in total. The fourth-order valence-corrected chi connectivity index (χ4v) is 3.59. The molecule has 2 saturated heterocycles. The summed E-state index contributed by atoms with van der Waals surface area (Å²) in [5.74, 6) is -0.713. The monoisotopic (exact) mass is 403 g/mol. The van der Waals surface area contributed by atoms with E-state index in [1.165, 1.54) is 23.1 Å². The third kappa shape index (κ3) is 4.87. The van der Waals surface area contributed by atoms with E-state index in [0.29, 0.717) is 32.5 Å². The third-order valence-corrected chi connectivity index (χ3v) is 4.98. The predicted octanol–water partition coefficient (Wildman–Crippen LogP) is 2.26. The topological polar surface area (TPSA) is 75.9 Å². The molecule has 1 aromatic carbocycles. The number of carbonyl (C=O) groups is 2. The lowest BCUT2D eigenvalue weighted by molar-refractivity contribution is -0.136. The molecule has 2 N–H and O–H groups in total. The second-order valence-corrected chi connectivity index (χ2v) is 6.69. The maximum atomic E-state index is 12.9. The van der Waals surface area contributed by atoms with E-state index in [-0.39, 0.29) is 35.7 Å². The maximum absolute atomic E-state index is 12.9.